The lowest BCUT2D eigenvalue weighted by Crippen LogP contribution is -2.29. The molecule has 0 radical (unpaired) electrons. The molecule has 2 aromatic carbocycles. The Morgan fingerprint density at radius 1 is 1.19 bits per heavy atom. The van der Waals surface area contributed by atoms with E-state index in [0.29, 0.717) is 22.2 Å². The minimum atomic E-state index is -0.871. The van der Waals surface area contributed by atoms with Gasteiger partial charge in [-0.25, -0.2) is 0 Å². The Hall–Kier alpha value is -2.44. The zero-order valence-electron chi connectivity index (χ0n) is 14.8. The number of carbonyl (C=O) groups excluding carboxylic acids is 1. The number of carboxylic acids is 1. The SMILES string of the molecule is Cc1cccc(-c2cccc(/C=C3\SC(=S)N(CCCC(=O)O)C3=O)c2)c1. The third kappa shape index (κ3) is 4.84. The molecule has 0 bridgehead atoms. The number of thiocarbonyl (C=S) groups is 1. The minimum Gasteiger partial charge on any atom is -0.481 e. The number of carboxylic acid groups (broad SMARTS) is 1. The maximum Gasteiger partial charge on any atom is 0.303 e. The molecule has 138 valence electrons. The first kappa shape index (κ1) is 19.3. The van der Waals surface area contributed by atoms with Crippen LogP contribution in [0.5, 0.6) is 0 Å². The summed E-state index contributed by atoms with van der Waals surface area (Å²) < 4.78 is 0.478. The van der Waals surface area contributed by atoms with Gasteiger partial charge in [-0.1, -0.05) is 72.0 Å². The van der Waals surface area contributed by atoms with Crippen molar-refractivity contribution in [2.24, 2.45) is 0 Å². The molecule has 0 spiro atoms. The van der Waals surface area contributed by atoms with Crippen LogP contribution in [0.1, 0.15) is 24.0 Å². The van der Waals surface area contributed by atoms with E-state index in [-0.39, 0.29) is 12.3 Å². The van der Waals surface area contributed by atoms with Crippen LogP contribution in [0.2, 0.25) is 0 Å². The van der Waals surface area contributed by atoms with Crippen molar-refractivity contribution in [3.63, 3.8) is 0 Å². The van der Waals surface area contributed by atoms with Crippen LogP contribution in [0.3, 0.4) is 0 Å². The minimum absolute atomic E-state index is 0.0225. The normalized spacial score (nSPS) is 15.6. The van der Waals surface area contributed by atoms with Crippen LogP contribution in [0.15, 0.2) is 53.4 Å². The number of nitrogens with zero attached hydrogens (tertiary/aromatic N) is 1. The lowest BCUT2D eigenvalue weighted by molar-refractivity contribution is -0.137. The summed E-state index contributed by atoms with van der Waals surface area (Å²) >= 11 is 6.55. The summed E-state index contributed by atoms with van der Waals surface area (Å²) in [6.07, 6.45) is 2.25. The molecule has 27 heavy (non-hydrogen) atoms. The maximum absolute atomic E-state index is 12.6. The monoisotopic (exact) mass is 397 g/mol. The Balaban J connectivity index is 1.79. The number of rotatable bonds is 6. The molecule has 0 unspecified atom stereocenters. The number of hydrogen-bond acceptors (Lipinski definition) is 4. The van der Waals surface area contributed by atoms with Gasteiger partial charge in [-0.2, -0.15) is 0 Å². The standard InChI is InChI=1S/C21H19NO3S2/c1-14-5-2-7-16(11-14)17-8-3-6-15(12-17)13-18-20(25)22(21(26)27-18)10-4-9-19(23)24/h2-3,5-8,11-13H,4,9-10H2,1H3,(H,23,24)/b18-13-. The smallest absolute Gasteiger partial charge is 0.303 e. The zero-order chi connectivity index (χ0) is 19.4. The predicted molar refractivity (Wildman–Crippen MR) is 113 cm³/mol. The topological polar surface area (TPSA) is 57.6 Å². The Bertz CT molecular complexity index is 937. The van der Waals surface area contributed by atoms with E-state index >= 15 is 0 Å². The Morgan fingerprint density at radius 2 is 1.89 bits per heavy atom. The first-order valence-corrected chi connectivity index (χ1v) is 9.81. The molecule has 1 aliphatic rings. The van der Waals surface area contributed by atoms with Gasteiger partial charge >= 0.3 is 5.97 Å². The molecule has 0 aromatic heterocycles. The molecular weight excluding hydrogens is 378 g/mol. The molecule has 0 atom stereocenters. The average molecular weight is 398 g/mol. The van der Waals surface area contributed by atoms with Gasteiger partial charge in [0, 0.05) is 13.0 Å². The van der Waals surface area contributed by atoms with Crippen molar-refractivity contribution in [2.45, 2.75) is 19.8 Å². The van der Waals surface area contributed by atoms with Crippen LogP contribution >= 0.6 is 24.0 Å². The van der Waals surface area contributed by atoms with Gasteiger partial charge in [-0.05, 0) is 42.2 Å². The molecule has 0 saturated carbocycles. The van der Waals surface area contributed by atoms with Crippen LogP contribution in [0.4, 0.5) is 0 Å². The highest BCUT2D eigenvalue weighted by atomic mass is 32.2. The molecule has 4 nitrogen and oxygen atoms in total. The van der Waals surface area contributed by atoms with E-state index in [9.17, 15) is 9.59 Å². The van der Waals surface area contributed by atoms with Crippen LogP contribution in [0.25, 0.3) is 17.2 Å². The van der Waals surface area contributed by atoms with Gasteiger partial charge in [0.25, 0.3) is 5.91 Å². The molecular formula is C21H19NO3S2. The molecule has 1 amide bonds. The van der Waals surface area contributed by atoms with Crippen molar-refractivity contribution in [3.05, 3.63) is 64.6 Å². The quantitative estimate of drug-likeness (QED) is 0.564. The Labute approximate surface area is 167 Å². The molecule has 1 saturated heterocycles. The van der Waals surface area contributed by atoms with E-state index < -0.39 is 5.97 Å². The molecule has 6 heteroatoms. The van der Waals surface area contributed by atoms with E-state index in [1.807, 2.05) is 36.4 Å². The van der Waals surface area contributed by atoms with E-state index in [0.717, 1.165) is 16.7 Å². The molecule has 3 rings (SSSR count). The van der Waals surface area contributed by atoms with Gasteiger partial charge in [0.15, 0.2) is 0 Å². The molecule has 1 aliphatic heterocycles. The summed E-state index contributed by atoms with van der Waals surface area (Å²) in [5, 5.41) is 8.75. The molecule has 2 aromatic rings. The van der Waals surface area contributed by atoms with Gasteiger partial charge in [-0.15, -0.1) is 0 Å². The van der Waals surface area contributed by atoms with E-state index in [2.05, 4.69) is 25.1 Å². The fraction of sp³-hybridized carbons (Fsp3) is 0.190. The lowest BCUT2D eigenvalue weighted by Gasteiger charge is -2.13. The Morgan fingerprint density at radius 3 is 2.59 bits per heavy atom. The number of hydrogen-bond donors (Lipinski definition) is 1. The van der Waals surface area contributed by atoms with Gasteiger partial charge in [-0.3, -0.25) is 14.5 Å². The van der Waals surface area contributed by atoms with Gasteiger partial charge < -0.3 is 5.11 Å². The maximum atomic E-state index is 12.6. The predicted octanol–water partition coefficient (Wildman–Crippen LogP) is 4.73. The van der Waals surface area contributed by atoms with Crippen molar-refractivity contribution in [1.29, 1.82) is 0 Å². The summed E-state index contributed by atoms with van der Waals surface area (Å²) in [6.45, 7) is 2.39. The summed E-state index contributed by atoms with van der Waals surface area (Å²) in [7, 11) is 0. The second-order valence-corrected chi connectivity index (χ2v) is 8.00. The second-order valence-electron chi connectivity index (χ2n) is 6.33. The molecule has 1 fully saturated rings. The molecule has 1 heterocycles. The van der Waals surface area contributed by atoms with Crippen LogP contribution < -0.4 is 0 Å². The van der Waals surface area contributed by atoms with Crippen molar-refractivity contribution < 1.29 is 14.7 Å². The fourth-order valence-electron chi connectivity index (χ4n) is 2.87. The highest BCUT2D eigenvalue weighted by Crippen LogP contribution is 2.33. The fourth-order valence-corrected chi connectivity index (χ4v) is 4.17. The first-order valence-electron chi connectivity index (χ1n) is 8.58. The van der Waals surface area contributed by atoms with E-state index in [1.54, 1.807) is 0 Å². The van der Waals surface area contributed by atoms with Crippen molar-refractivity contribution >= 4 is 46.3 Å². The van der Waals surface area contributed by atoms with Crippen LogP contribution in [-0.4, -0.2) is 32.7 Å². The van der Waals surface area contributed by atoms with Crippen molar-refractivity contribution in [1.82, 2.24) is 4.90 Å². The lowest BCUT2D eigenvalue weighted by atomic mass is 10.0. The van der Waals surface area contributed by atoms with Gasteiger partial charge in [0.1, 0.15) is 4.32 Å². The largest absolute Gasteiger partial charge is 0.481 e. The highest BCUT2D eigenvalue weighted by molar-refractivity contribution is 8.26. The third-order valence-electron chi connectivity index (χ3n) is 4.18. The van der Waals surface area contributed by atoms with Crippen molar-refractivity contribution in [2.75, 3.05) is 6.54 Å². The number of thioether (sulfide) groups is 1. The number of carbonyl (C=O) groups is 2. The number of aryl methyl sites for hydroxylation is 1. The summed E-state index contributed by atoms with van der Waals surface area (Å²) in [6, 6.07) is 16.3. The number of benzene rings is 2. The van der Waals surface area contributed by atoms with Crippen molar-refractivity contribution in [3.8, 4) is 11.1 Å². The summed E-state index contributed by atoms with van der Waals surface area (Å²) in [5.74, 6) is -1.03. The summed E-state index contributed by atoms with van der Waals surface area (Å²) in [5.41, 5.74) is 4.34. The third-order valence-corrected chi connectivity index (χ3v) is 5.56. The highest BCUT2D eigenvalue weighted by Gasteiger charge is 2.31. The molecule has 1 N–H and O–H groups in total. The zero-order valence-corrected chi connectivity index (χ0v) is 16.5. The first-order chi connectivity index (χ1) is 12.9. The van der Waals surface area contributed by atoms with E-state index in [1.165, 1.54) is 22.2 Å². The number of amides is 1. The number of aliphatic carboxylic acids is 1. The van der Waals surface area contributed by atoms with Crippen LogP contribution in [0, 0.1) is 6.92 Å². The summed E-state index contributed by atoms with van der Waals surface area (Å²) in [4.78, 5) is 25.3. The Kier molecular flexibility index (Phi) is 6.08. The van der Waals surface area contributed by atoms with Gasteiger partial charge in [0.2, 0.25) is 0 Å². The average Bonchev–Trinajstić information content (AvgIpc) is 2.89. The van der Waals surface area contributed by atoms with E-state index in [4.69, 9.17) is 17.3 Å². The van der Waals surface area contributed by atoms with Gasteiger partial charge in [0.05, 0.1) is 4.91 Å². The second kappa shape index (κ2) is 8.50. The molecule has 0 aliphatic carbocycles. The van der Waals surface area contributed by atoms with Crippen LogP contribution in [-0.2, 0) is 9.59 Å².